The normalized spacial score (nSPS) is 17.1. The van der Waals surface area contributed by atoms with E-state index >= 15 is 0 Å². The van der Waals surface area contributed by atoms with Gasteiger partial charge in [-0.2, -0.15) is 0 Å². The molecule has 2 N–H and O–H groups in total. The summed E-state index contributed by atoms with van der Waals surface area (Å²) in [4.78, 5) is 11.3. The Morgan fingerprint density at radius 3 is 2.26 bits per heavy atom. The third-order valence-corrected chi connectivity index (χ3v) is 5.91. The second-order valence-corrected chi connectivity index (χ2v) is 8.89. The van der Waals surface area contributed by atoms with E-state index in [9.17, 15) is 9.18 Å². The molecule has 5 heteroatoms. The van der Waals surface area contributed by atoms with E-state index in [2.05, 4.69) is 45.1 Å². The van der Waals surface area contributed by atoms with Crippen LogP contribution in [0.2, 0.25) is 0 Å². The first-order valence-electron chi connectivity index (χ1n) is 9.00. The smallest absolute Gasteiger partial charge is 0.338 e. The number of carboxylic acid groups (broad SMARTS) is 1. The van der Waals surface area contributed by atoms with Crippen LogP contribution in [0, 0.1) is 5.82 Å². The number of hydrogen-bond donors (Lipinski definition) is 2. The number of aromatic carboxylic acids is 1. The van der Waals surface area contributed by atoms with Gasteiger partial charge in [-0.15, -0.1) is 0 Å². The maximum Gasteiger partial charge on any atom is 0.338 e. The molecule has 0 radical (unpaired) electrons. The maximum absolute atomic E-state index is 13.9. The zero-order valence-corrected chi connectivity index (χ0v) is 16.8. The molecule has 1 aliphatic carbocycles. The van der Waals surface area contributed by atoms with Crippen molar-refractivity contribution >= 4 is 28.9 Å². The second-order valence-electron chi connectivity index (χ2n) is 8.48. The van der Waals surface area contributed by atoms with Gasteiger partial charge in [0.25, 0.3) is 0 Å². The topological polar surface area (TPSA) is 49.3 Å². The van der Waals surface area contributed by atoms with Gasteiger partial charge in [0.1, 0.15) is 10.8 Å². The first-order valence-corrected chi connectivity index (χ1v) is 9.41. The van der Waals surface area contributed by atoms with Crippen LogP contribution in [-0.2, 0) is 10.8 Å². The lowest BCUT2D eigenvalue weighted by atomic mass is 9.63. The summed E-state index contributed by atoms with van der Waals surface area (Å²) < 4.78 is 13.9. The van der Waals surface area contributed by atoms with E-state index in [1.54, 1.807) is 0 Å². The Morgan fingerprint density at radius 2 is 1.67 bits per heavy atom. The highest BCUT2D eigenvalue weighted by molar-refractivity contribution is 7.81. The van der Waals surface area contributed by atoms with Crippen molar-refractivity contribution in [1.29, 1.82) is 0 Å². The molecule has 2 aromatic carbocycles. The third kappa shape index (κ3) is 3.74. The highest BCUT2D eigenvalue weighted by Crippen LogP contribution is 2.46. The summed E-state index contributed by atoms with van der Waals surface area (Å²) in [6, 6.07) is 10.2. The predicted octanol–water partition coefficient (Wildman–Crippen LogP) is 5.66. The minimum atomic E-state index is -1.29. The molecule has 0 heterocycles. The van der Waals surface area contributed by atoms with Crippen LogP contribution < -0.4 is 5.32 Å². The van der Waals surface area contributed by atoms with E-state index in [0.29, 0.717) is 10.6 Å². The molecule has 3 nitrogen and oxygen atoms in total. The van der Waals surface area contributed by atoms with Gasteiger partial charge in [-0.05, 0) is 59.1 Å². The van der Waals surface area contributed by atoms with Crippen molar-refractivity contribution in [2.24, 2.45) is 0 Å². The van der Waals surface area contributed by atoms with Gasteiger partial charge in [-0.3, -0.25) is 0 Å². The zero-order chi connectivity index (χ0) is 20.0. The van der Waals surface area contributed by atoms with Crippen molar-refractivity contribution in [3.05, 3.63) is 64.5 Å². The molecule has 0 saturated carbocycles. The quantitative estimate of drug-likeness (QED) is 0.669. The predicted molar refractivity (Wildman–Crippen MR) is 110 cm³/mol. The van der Waals surface area contributed by atoms with Crippen LogP contribution in [0.1, 0.15) is 67.6 Å². The van der Waals surface area contributed by atoms with Crippen molar-refractivity contribution in [1.82, 2.24) is 0 Å². The molecule has 142 valence electrons. The number of carbonyl (C=O) groups is 1. The molecule has 0 amide bonds. The molecule has 2 aromatic rings. The van der Waals surface area contributed by atoms with E-state index in [-0.39, 0.29) is 16.4 Å². The van der Waals surface area contributed by atoms with E-state index in [0.717, 1.165) is 24.6 Å². The molecule has 0 bridgehead atoms. The fourth-order valence-electron chi connectivity index (χ4n) is 3.70. The van der Waals surface area contributed by atoms with Crippen LogP contribution in [0.3, 0.4) is 0 Å². The number of benzene rings is 2. The summed E-state index contributed by atoms with van der Waals surface area (Å²) >= 11 is 5.40. The molecule has 1 aliphatic rings. The minimum Gasteiger partial charge on any atom is -0.478 e. The van der Waals surface area contributed by atoms with Gasteiger partial charge < -0.3 is 10.4 Å². The zero-order valence-electron chi connectivity index (χ0n) is 16.0. The van der Waals surface area contributed by atoms with Gasteiger partial charge in [-0.1, -0.05) is 52.0 Å². The summed E-state index contributed by atoms with van der Waals surface area (Å²) in [5, 5.41) is 12.1. The van der Waals surface area contributed by atoms with Crippen molar-refractivity contribution in [3.8, 4) is 0 Å². The number of rotatable bonds is 3. The average Bonchev–Trinajstić information content (AvgIpc) is 2.58. The van der Waals surface area contributed by atoms with Gasteiger partial charge in [-0.25, -0.2) is 9.18 Å². The standard InChI is InChI=1S/C22H24FNO2S/c1-21(2)9-10-22(3,4)17-12-14(6-8-16(17)21)24-19(27)13-5-7-15(20(25)26)18(23)11-13/h5-8,11-12H,9-10H2,1-4H3,(H,24,27)(H,25,26). The van der Waals surface area contributed by atoms with Crippen molar-refractivity contribution in [2.45, 2.75) is 51.4 Å². The summed E-state index contributed by atoms with van der Waals surface area (Å²) in [5.74, 6) is -2.09. The largest absolute Gasteiger partial charge is 0.478 e. The fourth-order valence-corrected chi connectivity index (χ4v) is 3.94. The SMILES string of the molecule is CC1(C)CCC(C)(C)c2cc(NC(=S)c3ccc(C(=O)O)c(F)c3)ccc21. The number of carboxylic acids is 1. The van der Waals surface area contributed by atoms with Crippen molar-refractivity contribution in [3.63, 3.8) is 0 Å². The van der Waals surface area contributed by atoms with E-state index in [1.165, 1.54) is 23.3 Å². The van der Waals surface area contributed by atoms with Crippen LogP contribution in [0.15, 0.2) is 36.4 Å². The number of nitrogens with one attached hydrogen (secondary N) is 1. The van der Waals surface area contributed by atoms with Gasteiger partial charge in [0, 0.05) is 11.3 Å². The highest BCUT2D eigenvalue weighted by Gasteiger charge is 2.36. The van der Waals surface area contributed by atoms with Gasteiger partial charge in [0.05, 0.1) is 5.56 Å². The van der Waals surface area contributed by atoms with E-state index in [1.807, 2.05) is 6.07 Å². The second kappa shape index (κ2) is 6.71. The summed E-state index contributed by atoms with van der Waals surface area (Å²) in [6.45, 7) is 9.05. The molecular formula is C22H24FNO2S. The summed E-state index contributed by atoms with van der Waals surface area (Å²) in [7, 11) is 0. The van der Waals surface area contributed by atoms with E-state index in [4.69, 9.17) is 17.3 Å². The highest BCUT2D eigenvalue weighted by atomic mass is 32.1. The summed E-state index contributed by atoms with van der Waals surface area (Å²) in [6.07, 6.45) is 2.26. The Hall–Kier alpha value is -2.27. The maximum atomic E-state index is 13.9. The van der Waals surface area contributed by atoms with Gasteiger partial charge in [0.15, 0.2) is 0 Å². The first kappa shape index (κ1) is 19.5. The molecule has 0 unspecified atom stereocenters. The fraction of sp³-hybridized carbons (Fsp3) is 0.364. The Labute approximate surface area is 164 Å². The summed E-state index contributed by atoms with van der Waals surface area (Å²) in [5.41, 5.74) is 3.82. The van der Waals surface area contributed by atoms with Gasteiger partial charge >= 0.3 is 5.97 Å². The number of anilines is 1. The van der Waals surface area contributed by atoms with E-state index < -0.39 is 11.8 Å². The number of thiocarbonyl (C=S) groups is 1. The Morgan fingerprint density at radius 1 is 1.04 bits per heavy atom. The third-order valence-electron chi connectivity index (χ3n) is 5.57. The molecule has 0 atom stereocenters. The monoisotopic (exact) mass is 385 g/mol. The minimum absolute atomic E-state index is 0.0827. The Balaban J connectivity index is 1.90. The van der Waals surface area contributed by atoms with Crippen molar-refractivity contribution in [2.75, 3.05) is 5.32 Å². The number of fused-ring (bicyclic) bond motifs is 1. The first-order chi connectivity index (χ1) is 12.5. The van der Waals surface area contributed by atoms with Crippen molar-refractivity contribution < 1.29 is 14.3 Å². The Bertz CT molecular complexity index is 934. The molecule has 0 aliphatic heterocycles. The molecular weight excluding hydrogens is 361 g/mol. The molecule has 0 spiro atoms. The molecule has 27 heavy (non-hydrogen) atoms. The van der Waals surface area contributed by atoms with Crippen LogP contribution >= 0.6 is 12.2 Å². The number of halogens is 1. The molecule has 3 rings (SSSR count). The molecule has 0 fully saturated rings. The average molecular weight is 386 g/mol. The lowest BCUT2D eigenvalue weighted by molar-refractivity contribution is 0.0692. The van der Waals surface area contributed by atoms with Gasteiger partial charge in [0.2, 0.25) is 0 Å². The molecule has 0 aromatic heterocycles. The lowest BCUT2D eigenvalue weighted by Crippen LogP contribution is -2.33. The Kier molecular flexibility index (Phi) is 4.85. The van der Waals surface area contributed by atoms with Crippen LogP contribution in [0.5, 0.6) is 0 Å². The van der Waals surface area contributed by atoms with Crippen LogP contribution in [0.4, 0.5) is 10.1 Å². The number of hydrogen-bond acceptors (Lipinski definition) is 2. The molecule has 0 saturated heterocycles. The van der Waals surface area contributed by atoms with Crippen LogP contribution in [0.25, 0.3) is 0 Å². The lowest BCUT2D eigenvalue weighted by Gasteiger charge is -2.42. The van der Waals surface area contributed by atoms with Crippen LogP contribution in [-0.4, -0.2) is 16.1 Å².